The van der Waals surface area contributed by atoms with E-state index in [0.717, 1.165) is 67.4 Å². The highest BCUT2D eigenvalue weighted by atomic mass is 19.1. The highest BCUT2D eigenvalue weighted by Gasteiger charge is 2.46. The number of ether oxygens (including phenoxy) is 1. The van der Waals surface area contributed by atoms with Crippen molar-refractivity contribution in [1.29, 1.82) is 0 Å². The van der Waals surface area contributed by atoms with Gasteiger partial charge in [0.05, 0.1) is 12.1 Å². The first-order valence-electron chi connectivity index (χ1n) is 12.0. The van der Waals surface area contributed by atoms with Crippen molar-refractivity contribution in [3.05, 3.63) is 72.0 Å². The van der Waals surface area contributed by atoms with Crippen LogP contribution in [0.2, 0.25) is 0 Å². The third kappa shape index (κ3) is 4.16. The van der Waals surface area contributed by atoms with Gasteiger partial charge >= 0.3 is 0 Å². The number of piperidine rings is 1. The molecule has 0 atom stereocenters. The second-order valence-corrected chi connectivity index (χ2v) is 9.87. The summed E-state index contributed by atoms with van der Waals surface area (Å²) in [5, 5.41) is 2.35. The van der Waals surface area contributed by atoms with E-state index in [2.05, 4.69) is 35.2 Å². The van der Waals surface area contributed by atoms with E-state index < -0.39 is 0 Å². The Morgan fingerprint density at radius 3 is 2.42 bits per heavy atom. The Labute approximate surface area is 193 Å². The quantitative estimate of drug-likeness (QED) is 0.568. The van der Waals surface area contributed by atoms with E-state index in [1.807, 2.05) is 29.2 Å². The van der Waals surface area contributed by atoms with Gasteiger partial charge in [0.2, 0.25) is 5.91 Å². The summed E-state index contributed by atoms with van der Waals surface area (Å²) < 4.78 is 21.1. The number of rotatable bonds is 4. The maximum atomic E-state index is 15.0. The molecule has 0 bridgehead atoms. The van der Waals surface area contributed by atoms with Crippen LogP contribution in [0, 0.1) is 5.82 Å². The fourth-order valence-electron chi connectivity index (χ4n) is 5.35. The molecule has 0 radical (unpaired) electrons. The minimum Gasteiger partial charge on any atom is -0.363 e. The molecule has 0 N–H and O–H groups in total. The maximum absolute atomic E-state index is 15.0. The zero-order valence-electron chi connectivity index (χ0n) is 18.8. The molecule has 3 aromatic rings. The largest absolute Gasteiger partial charge is 0.363 e. The Hall–Kier alpha value is -2.76. The second kappa shape index (κ2) is 8.23. The van der Waals surface area contributed by atoms with Gasteiger partial charge in [0.15, 0.2) is 0 Å². The van der Waals surface area contributed by atoms with Crippen LogP contribution >= 0.6 is 0 Å². The first-order chi connectivity index (χ1) is 16.1. The smallest absolute Gasteiger partial charge is 0.248 e. The molecular formula is C28H29FN2O2. The van der Waals surface area contributed by atoms with Crippen molar-refractivity contribution in [2.75, 3.05) is 26.2 Å². The van der Waals surface area contributed by atoms with Gasteiger partial charge in [-0.25, -0.2) is 4.39 Å². The van der Waals surface area contributed by atoms with Crippen molar-refractivity contribution in [1.82, 2.24) is 9.80 Å². The van der Waals surface area contributed by atoms with Crippen LogP contribution in [0.5, 0.6) is 0 Å². The Kier molecular flexibility index (Phi) is 5.19. The molecule has 1 spiro atoms. The number of benzene rings is 3. The van der Waals surface area contributed by atoms with Gasteiger partial charge in [-0.05, 0) is 59.7 Å². The SMILES string of the molecule is O=C1COC2(CCN(Cc3ccc(-c4ccc5ccccc5c4)cc3F)CC2)CN1C1CC1. The highest BCUT2D eigenvalue weighted by molar-refractivity contribution is 5.87. The number of fused-ring (bicyclic) bond motifs is 1. The number of hydrogen-bond donors (Lipinski definition) is 0. The highest BCUT2D eigenvalue weighted by Crippen LogP contribution is 2.36. The molecule has 0 unspecified atom stereocenters. The minimum absolute atomic E-state index is 0.138. The molecule has 1 saturated carbocycles. The molecule has 2 aliphatic heterocycles. The lowest BCUT2D eigenvalue weighted by Crippen LogP contribution is -2.59. The fourth-order valence-corrected chi connectivity index (χ4v) is 5.35. The number of carbonyl (C=O) groups excluding carboxylic acids is 1. The average Bonchev–Trinajstić information content (AvgIpc) is 3.69. The molecule has 3 fully saturated rings. The summed E-state index contributed by atoms with van der Waals surface area (Å²) in [7, 11) is 0. The Balaban J connectivity index is 1.12. The Morgan fingerprint density at radius 2 is 1.67 bits per heavy atom. The zero-order chi connectivity index (χ0) is 22.4. The number of amides is 1. The summed E-state index contributed by atoms with van der Waals surface area (Å²) in [4.78, 5) is 16.5. The van der Waals surface area contributed by atoms with Gasteiger partial charge in [0, 0.05) is 31.2 Å². The Morgan fingerprint density at radius 1 is 0.939 bits per heavy atom. The van der Waals surface area contributed by atoms with Gasteiger partial charge in [-0.15, -0.1) is 0 Å². The third-order valence-electron chi connectivity index (χ3n) is 7.57. The van der Waals surface area contributed by atoms with Crippen molar-refractivity contribution >= 4 is 16.7 Å². The first kappa shape index (κ1) is 20.8. The van der Waals surface area contributed by atoms with Gasteiger partial charge < -0.3 is 9.64 Å². The molecule has 2 heterocycles. The summed E-state index contributed by atoms with van der Waals surface area (Å²) in [6.07, 6.45) is 4.03. The molecule has 3 aliphatic rings. The summed E-state index contributed by atoms with van der Waals surface area (Å²) in [6, 6.07) is 20.5. The van der Waals surface area contributed by atoms with Gasteiger partial charge in [0.25, 0.3) is 0 Å². The number of hydrogen-bond acceptors (Lipinski definition) is 3. The number of likely N-dealkylation sites (tertiary alicyclic amines) is 1. The first-order valence-corrected chi connectivity index (χ1v) is 12.0. The maximum Gasteiger partial charge on any atom is 0.248 e. The number of carbonyl (C=O) groups is 1. The van der Waals surface area contributed by atoms with Crippen LogP contribution in [-0.2, 0) is 16.1 Å². The van der Waals surface area contributed by atoms with Crippen molar-refractivity contribution in [2.24, 2.45) is 0 Å². The molecule has 1 amide bonds. The molecule has 4 nitrogen and oxygen atoms in total. The molecule has 5 heteroatoms. The summed E-state index contributed by atoms with van der Waals surface area (Å²) in [6.45, 7) is 3.25. The Bertz CT molecular complexity index is 1200. The standard InChI is InChI=1S/C28H29FN2O2/c29-26-16-23(22-6-5-20-3-1-2-4-21(20)15-22)7-8-24(26)17-30-13-11-28(12-14-30)19-31(25-9-10-25)27(32)18-33-28/h1-8,15-16,25H,9-14,17-19H2. The van der Waals surface area contributed by atoms with E-state index in [4.69, 9.17) is 4.74 Å². The van der Waals surface area contributed by atoms with E-state index in [0.29, 0.717) is 12.6 Å². The van der Waals surface area contributed by atoms with Crippen LogP contribution in [0.25, 0.3) is 21.9 Å². The molecule has 33 heavy (non-hydrogen) atoms. The summed E-state index contributed by atoms with van der Waals surface area (Å²) in [5.41, 5.74) is 2.45. The monoisotopic (exact) mass is 444 g/mol. The lowest BCUT2D eigenvalue weighted by molar-refractivity contribution is -0.172. The number of morpholine rings is 1. The van der Waals surface area contributed by atoms with Crippen LogP contribution in [0.3, 0.4) is 0 Å². The second-order valence-electron chi connectivity index (χ2n) is 9.87. The van der Waals surface area contributed by atoms with E-state index >= 15 is 4.39 Å². The predicted molar refractivity (Wildman–Crippen MR) is 127 cm³/mol. The molecule has 6 rings (SSSR count). The van der Waals surface area contributed by atoms with Gasteiger partial charge in [-0.1, -0.05) is 48.5 Å². The van der Waals surface area contributed by atoms with E-state index in [1.165, 1.54) is 5.39 Å². The molecule has 0 aromatic heterocycles. The van der Waals surface area contributed by atoms with Gasteiger partial charge in [0.1, 0.15) is 12.4 Å². The van der Waals surface area contributed by atoms with Crippen molar-refractivity contribution in [3.63, 3.8) is 0 Å². The summed E-state index contributed by atoms with van der Waals surface area (Å²) >= 11 is 0. The lowest BCUT2D eigenvalue weighted by Gasteiger charge is -2.47. The minimum atomic E-state index is -0.217. The van der Waals surface area contributed by atoms with Crippen molar-refractivity contribution < 1.29 is 13.9 Å². The number of halogens is 1. The molecule has 3 aromatic carbocycles. The average molecular weight is 445 g/mol. The number of nitrogens with zero attached hydrogens (tertiary/aromatic N) is 2. The summed E-state index contributed by atoms with van der Waals surface area (Å²) in [5.74, 6) is -0.0144. The van der Waals surface area contributed by atoms with Crippen LogP contribution in [-0.4, -0.2) is 53.6 Å². The molecular weight excluding hydrogens is 415 g/mol. The predicted octanol–water partition coefficient (Wildman–Crippen LogP) is 5.00. The van der Waals surface area contributed by atoms with Crippen LogP contribution in [0.1, 0.15) is 31.2 Å². The van der Waals surface area contributed by atoms with Gasteiger partial charge in [-0.2, -0.15) is 0 Å². The topological polar surface area (TPSA) is 32.8 Å². The van der Waals surface area contributed by atoms with E-state index in [1.54, 1.807) is 6.07 Å². The van der Waals surface area contributed by atoms with Crippen LogP contribution < -0.4 is 0 Å². The van der Waals surface area contributed by atoms with E-state index in [9.17, 15) is 4.79 Å². The van der Waals surface area contributed by atoms with E-state index in [-0.39, 0.29) is 23.9 Å². The third-order valence-corrected chi connectivity index (χ3v) is 7.57. The molecule has 170 valence electrons. The van der Waals surface area contributed by atoms with Crippen molar-refractivity contribution in [2.45, 2.75) is 43.9 Å². The normalized spacial score (nSPS) is 21.1. The van der Waals surface area contributed by atoms with Crippen LogP contribution in [0.4, 0.5) is 4.39 Å². The lowest BCUT2D eigenvalue weighted by atomic mass is 9.89. The van der Waals surface area contributed by atoms with Crippen molar-refractivity contribution in [3.8, 4) is 11.1 Å². The van der Waals surface area contributed by atoms with Crippen LogP contribution in [0.15, 0.2) is 60.7 Å². The molecule has 1 aliphatic carbocycles. The fraction of sp³-hybridized carbons (Fsp3) is 0.393. The van der Waals surface area contributed by atoms with Gasteiger partial charge in [-0.3, -0.25) is 9.69 Å². The zero-order valence-corrected chi connectivity index (χ0v) is 18.8. The molecule has 2 saturated heterocycles.